The van der Waals surface area contributed by atoms with Crippen LogP contribution in [0.4, 0.5) is 0 Å². The van der Waals surface area contributed by atoms with E-state index < -0.39 is 0 Å². The molecule has 0 spiro atoms. The summed E-state index contributed by atoms with van der Waals surface area (Å²) in [5.41, 5.74) is 1.30. The summed E-state index contributed by atoms with van der Waals surface area (Å²) in [4.78, 5) is 11.6. The number of rotatable bonds is 6. The molecule has 0 bridgehead atoms. The van der Waals surface area contributed by atoms with Gasteiger partial charge in [0, 0.05) is 18.5 Å². The van der Waals surface area contributed by atoms with E-state index in [4.69, 9.17) is 4.74 Å². The monoisotopic (exact) mass is 297 g/mol. The van der Waals surface area contributed by atoms with Crippen molar-refractivity contribution in [3.63, 3.8) is 0 Å². The van der Waals surface area contributed by atoms with Crippen LogP contribution in [0.15, 0.2) is 36.4 Å². The van der Waals surface area contributed by atoms with E-state index in [-0.39, 0.29) is 5.91 Å². The Bertz CT molecular complexity index is 680. The summed E-state index contributed by atoms with van der Waals surface area (Å²) >= 11 is 0. The molecule has 1 amide bonds. The second kappa shape index (κ2) is 6.39. The summed E-state index contributed by atoms with van der Waals surface area (Å²) in [6.07, 6.45) is 2.64. The van der Waals surface area contributed by atoms with Gasteiger partial charge in [-0.2, -0.15) is 0 Å². The largest absolute Gasteiger partial charge is 0.496 e. The molecule has 2 unspecified atom stereocenters. The number of hydrogen-bond acceptors (Lipinski definition) is 2. The SMILES string of the molecule is CCCC(=O)NCC1CC1c1c(OC)ccc2ccccc12. The maximum absolute atomic E-state index is 11.6. The van der Waals surface area contributed by atoms with Crippen LogP contribution in [-0.4, -0.2) is 19.6 Å². The Labute approximate surface area is 131 Å². The van der Waals surface area contributed by atoms with Gasteiger partial charge in [0.25, 0.3) is 0 Å². The number of carbonyl (C=O) groups excluding carboxylic acids is 1. The van der Waals surface area contributed by atoms with Crippen LogP contribution in [-0.2, 0) is 4.79 Å². The molecule has 1 aliphatic carbocycles. The van der Waals surface area contributed by atoms with E-state index in [0.29, 0.717) is 18.3 Å². The van der Waals surface area contributed by atoms with Gasteiger partial charge in [-0.1, -0.05) is 37.3 Å². The highest BCUT2D eigenvalue weighted by molar-refractivity contribution is 5.88. The van der Waals surface area contributed by atoms with Crippen molar-refractivity contribution >= 4 is 16.7 Å². The summed E-state index contributed by atoms with van der Waals surface area (Å²) in [7, 11) is 1.73. The van der Waals surface area contributed by atoms with Gasteiger partial charge in [0.15, 0.2) is 0 Å². The molecule has 0 aliphatic heterocycles. The molecule has 3 rings (SSSR count). The standard InChI is InChI=1S/C19H23NO2/c1-3-6-18(21)20-12-14-11-16(14)19-15-8-5-4-7-13(15)9-10-17(19)22-2/h4-5,7-10,14,16H,3,6,11-12H2,1-2H3,(H,20,21). The Morgan fingerprint density at radius 3 is 2.86 bits per heavy atom. The number of hydrogen-bond donors (Lipinski definition) is 1. The lowest BCUT2D eigenvalue weighted by molar-refractivity contribution is -0.121. The first-order valence-electron chi connectivity index (χ1n) is 8.07. The van der Waals surface area contributed by atoms with Gasteiger partial charge in [0.2, 0.25) is 5.91 Å². The summed E-state index contributed by atoms with van der Waals surface area (Å²) < 4.78 is 5.58. The lowest BCUT2D eigenvalue weighted by atomic mass is 9.99. The van der Waals surface area contributed by atoms with Crippen molar-refractivity contribution in [3.05, 3.63) is 42.0 Å². The van der Waals surface area contributed by atoms with Crippen molar-refractivity contribution in [2.45, 2.75) is 32.1 Å². The van der Waals surface area contributed by atoms with Crippen molar-refractivity contribution in [1.82, 2.24) is 5.32 Å². The van der Waals surface area contributed by atoms with Crippen LogP contribution in [0.25, 0.3) is 10.8 Å². The van der Waals surface area contributed by atoms with Crippen LogP contribution >= 0.6 is 0 Å². The molecule has 3 nitrogen and oxygen atoms in total. The lowest BCUT2D eigenvalue weighted by Gasteiger charge is -2.12. The molecule has 1 saturated carbocycles. The first-order chi connectivity index (χ1) is 10.7. The number of fused-ring (bicyclic) bond motifs is 1. The predicted octanol–water partition coefficient (Wildman–Crippen LogP) is 3.87. The fourth-order valence-electron chi connectivity index (χ4n) is 3.22. The average Bonchev–Trinajstić information content (AvgIpc) is 3.31. The highest BCUT2D eigenvalue weighted by Crippen LogP contribution is 2.52. The molecule has 3 heteroatoms. The van der Waals surface area contributed by atoms with Gasteiger partial charge >= 0.3 is 0 Å². The van der Waals surface area contributed by atoms with E-state index in [9.17, 15) is 4.79 Å². The van der Waals surface area contributed by atoms with Crippen LogP contribution < -0.4 is 10.1 Å². The lowest BCUT2D eigenvalue weighted by Crippen LogP contribution is -2.25. The highest BCUT2D eigenvalue weighted by atomic mass is 16.5. The van der Waals surface area contributed by atoms with Crippen molar-refractivity contribution < 1.29 is 9.53 Å². The maximum Gasteiger partial charge on any atom is 0.219 e. The second-order valence-corrected chi connectivity index (χ2v) is 6.06. The molecule has 0 aromatic heterocycles. The molecule has 1 aliphatic rings. The first-order valence-corrected chi connectivity index (χ1v) is 8.07. The number of ether oxygens (including phenoxy) is 1. The third-order valence-electron chi connectivity index (χ3n) is 4.48. The van der Waals surface area contributed by atoms with Crippen LogP contribution in [0.1, 0.15) is 37.7 Å². The van der Waals surface area contributed by atoms with Crippen molar-refractivity contribution in [1.29, 1.82) is 0 Å². The van der Waals surface area contributed by atoms with E-state index in [1.165, 1.54) is 16.3 Å². The van der Waals surface area contributed by atoms with E-state index >= 15 is 0 Å². The molecular formula is C19H23NO2. The number of nitrogens with one attached hydrogen (secondary N) is 1. The van der Waals surface area contributed by atoms with Gasteiger partial charge in [0.1, 0.15) is 5.75 Å². The van der Waals surface area contributed by atoms with E-state index in [0.717, 1.165) is 25.1 Å². The number of amides is 1. The fraction of sp³-hybridized carbons (Fsp3) is 0.421. The Morgan fingerprint density at radius 2 is 2.09 bits per heavy atom. The zero-order valence-electron chi connectivity index (χ0n) is 13.3. The fourth-order valence-corrected chi connectivity index (χ4v) is 3.22. The molecule has 0 heterocycles. The van der Waals surface area contributed by atoms with Crippen molar-refractivity contribution in [3.8, 4) is 5.75 Å². The summed E-state index contributed by atoms with van der Waals surface area (Å²) in [5, 5.41) is 5.57. The zero-order chi connectivity index (χ0) is 15.5. The topological polar surface area (TPSA) is 38.3 Å². The molecule has 2 aromatic carbocycles. The molecule has 116 valence electrons. The molecule has 0 saturated heterocycles. The van der Waals surface area contributed by atoms with E-state index in [1.807, 2.05) is 6.92 Å². The van der Waals surface area contributed by atoms with E-state index in [2.05, 4.69) is 41.7 Å². The van der Waals surface area contributed by atoms with Crippen LogP contribution in [0.2, 0.25) is 0 Å². The number of carbonyl (C=O) groups is 1. The molecular weight excluding hydrogens is 274 g/mol. The van der Waals surface area contributed by atoms with E-state index in [1.54, 1.807) is 7.11 Å². The van der Waals surface area contributed by atoms with Crippen molar-refractivity contribution in [2.75, 3.05) is 13.7 Å². The number of methoxy groups -OCH3 is 1. The Hall–Kier alpha value is -2.03. The Balaban J connectivity index is 1.78. The minimum absolute atomic E-state index is 0.165. The molecule has 1 fully saturated rings. The molecule has 2 atom stereocenters. The van der Waals surface area contributed by atoms with Gasteiger partial charge in [-0.05, 0) is 41.5 Å². The van der Waals surface area contributed by atoms with Gasteiger partial charge in [-0.25, -0.2) is 0 Å². The quantitative estimate of drug-likeness (QED) is 0.879. The number of benzene rings is 2. The van der Waals surface area contributed by atoms with Gasteiger partial charge in [-0.3, -0.25) is 4.79 Å². The minimum atomic E-state index is 0.165. The van der Waals surface area contributed by atoms with Gasteiger partial charge in [0.05, 0.1) is 7.11 Å². The van der Waals surface area contributed by atoms with Crippen LogP contribution in [0, 0.1) is 5.92 Å². The summed E-state index contributed by atoms with van der Waals surface area (Å²) in [5.74, 6) is 2.15. The van der Waals surface area contributed by atoms with Gasteiger partial charge < -0.3 is 10.1 Å². The van der Waals surface area contributed by atoms with Crippen LogP contribution in [0.5, 0.6) is 5.75 Å². The Morgan fingerprint density at radius 1 is 1.27 bits per heavy atom. The second-order valence-electron chi connectivity index (χ2n) is 6.06. The average molecular weight is 297 g/mol. The summed E-state index contributed by atoms with van der Waals surface area (Å²) in [6.45, 7) is 2.80. The third-order valence-corrected chi connectivity index (χ3v) is 4.48. The van der Waals surface area contributed by atoms with Gasteiger partial charge in [-0.15, -0.1) is 0 Å². The van der Waals surface area contributed by atoms with Crippen LogP contribution in [0.3, 0.4) is 0 Å². The highest BCUT2D eigenvalue weighted by Gasteiger charge is 2.40. The molecule has 1 N–H and O–H groups in total. The smallest absolute Gasteiger partial charge is 0.219 e. The molecule has 2 aromatic rings. The first kappa shape index (κ1) is 14.9. The molecule has 0 radical (unpaired) electrons. The minimum Gasteiger partial charge on any atom is -0.496 e. The van der Waals surface area contributed by atoms with Crippen molar-refractivity contribution in [2.24, 2.45) is 5.92 Å². The maximum atomic E-state index is 11.6. The molecule has 22 heavy (non-hydrogen) atoms. The summed E-state index contributed by atoms with van der Waals surface area (Å²) in [6, 6.07) is 12.6. The normalized spacial score (nSPS) is 19.9. The third kappa shape index (κ3) is 2.94. The zero-order valence-corrected chi connectivity index (χ0v) is 13.3. The Kier molecular flexibility index (Phi) is 4.32. The predicted molar refractivity (Wildman–Crippen MR) is 89.3 cm³/mol.